The number of anilines is 1. The Bertz CT molecular complexity index is 1110. The molecule has 3 rings (SSSR count). The number of benzene rings is 1. The van der Waals surface area contributed by atoms with Gasteiger partial charge in [0.25, 0.3) is 5.56 Å². The first kappa shape index (κ1) is 21.8. The number of hydrogen-bond acceptors (Lipinski definition) is 7. The molecule has 3 aromatic rings. The molecule has 2 heterocycles. The van der Waals surface area contributed by atoms with Crippen molar-refractivity contribution < 1.29 is 14.6 Å². The van der Waals surface area contributed by atoms with Crippen LogP contribution in [-0.2, 0) is 11.3 Å². The molecule has 160 valence electrons. The molecule has 2 aromatic heterocycles. The van der Waals surface area contributed by atoms with Gasteiger partial charge in [0.2, 0.25) is 0 Å². The van der Waals surface area contributed by atoms with Crippen LogP contribution in [0.4, 0.5) is 9.80 Å². The number of nitrogens with one attached hydrogen (secondary N) is 2. The monoisotopic (exact) mass is 430 g/mol. The van der Waals surface area contributed by atoms with Crippen molar-refractivity contribution in [3.8, 4) is 11.4 Å². The molecule has 0 spiro atoms. The minimum absolute atomic E-state index is 0.0948. The Balaban J connectivity index is 2.12. The van der Waals surface area contributed by atoms with E-state index in [-0.39, 0.29) is 17.4 Å². The second-order valence-electron chi connectivity index (χ2n) is 8.20. The lowest BCUT2D eigenvalue weighted by Gasteiger charge is -2.19. The highest BCUT2D eigenvalue weighted by Gasteiger charge is 2.21. The highest BCUT2D eigenvalue weighted by atomic mass is 32.1. The lowest BCUT2D eigenvalue weighted by molar-refractivity contribution is 0.0636. The molecular weight excluding hydrogens is 404 g/mol. The van der Waals surface area contributed by atoms with Crippen LogP contribution in [0.2, 0.25) is 0 Å². The summed E-state index contributed by atoms with van der Waals surface area (Å²) in [4.78, 5) is 25.6. The normalized spacial score (nSPS) is 11.8. The van der Waals surface area contributed by atoms with E-state index >= 15 is 0 Å². The number of aromatic nitrogens is 2. The van der Waals surface area contributed by atoms with E-state index < -0.39 is 11.7 Å². The largest absolute Gasteiger partial charge is 0.508 e. The van der Waals surface area contributed by atoms with Crippen LogP contribution in [-0.4, -0.2) is 32.6 Å². The fourth-order valence-corrected chi connectivity index (χ4v) is 3.74. The number of hydrogen-bond donors (Lipinski definition) is 3. The molecule has 0 aliphatic rings. The summed E-state index contributed by atoms with van der Waals surface area (Å²) in [7, 11) is 0. The standard InChI is InChI=1S/C21H26N4O4S/c1-12(2)22-10-16-15-11-30-18(23-20(28)29-21(3,4)5)17(15)19(27)25(24-16)13-6-8-14(26)9-7-13/h6-9,11-12,22,26H,10H2,1-5H3,(H,23,28). The van der Waals surface area contributed by atoms with Crippen molar-refractivity contribution >= 4 is 33.2 Å². The van der Waals surface area contributed by atoms with E-state index in [9.17, 15) is 14.7 Å². The van der Waals surface area contributed by atoms with Gasteiger partial charge in [-0.25, -0.2) is 4.79 Å². The van der Waals surface area contributed by atoms with Crippen LogP contribution >= 0.6 is 11.3 Å². The van der Waals surface area contributed by atoms with Gasteiger partial charge in [0.15, 0.2) is 0 Å². The number of thiophene rings is 1. The van der Waals surface area contributed by atoms with Crippen molar-refractivity contribution in [2.45, 2.75) is 52.8 Å². The first-order valence-corrected chi connectivity index (χ1v) is 10.5. The van der Waals surface area contributed by atoms with Crippen LogP contribution in [0, 0.1) is 0 Å². The molecule has 0 saturated heterocycles. The summed E-state index contributed by atoms with van der Waals surface area (Å²) in [6.45, 7) is 9.82. The average molecular weight is 431 g/mol. The Labute approximate surface area is 178 Å². The summed E-state index contributed by atoms with van der Waals surface area (Å²) < 4.78 is 6.61. The van der Waals surface area contributed by atoms with E-state index in [1.807, 2.05) is 19.2 Å². The summed E-state index contributed by atoms with van der Waals surface area (Å²) in [5.41, 5.74) is 0.174. The van der Waals surface area contributed by atoms with Crippen LogP contribution in [0.5, 0.6) is 5.75 Å². The molecule has 0 aliphatic heterocycles. The second-order valence-corrected chi connectivity index (χ2v) is 9.08. The molecule has 9 heteroatoms. The molecular formula is C21H26N4O4S. The van der Waals surface area contributed by atoms with Gasteiger partial charge in [0.05, 0.1) is 16.8 Å². The summed E-state index contributed by atoms with van der Waals surface area (Å²) in [6.07, 6.45) is -0.625. The van der Waals surface area contributed by atoms with Crippen molar-refractivity contribution in [2.75, 3.05) is 5.32 Å². The third-order valence-electron chi connectivity index (χ3n) is 4.12. The number of rotatable bonds is 5. The zero-order valence-electron chi connectivity index (χ0n) is 17.6. The minimum Gasteiger partial charge on any atom is -0.508 e. The van der Waals surface area contributed by atoms with Crippen LogP contribution in [0.1, 0.15) is 40.3 Å². The van der Waals surface area contributed by atoms with Gasteiger partial charge in [-0.2, -0.15) is 9.78 Å². The molecule has 0 unspecified atom stereocenters. The van der Waals surface area contributed by atoms with Crippen molar-refractivity contribution in [2.24, 2.45) is 0 Å². The Morgan fingerprint density at radius 2 is 1.93 bits per heavy atom. The van der Waals surface area contributed by atoms with Gasteiger partial charge in [-0.1, -0.05) is 13.8 Å². The SMILES string of the molecule is CC(C)NCc1nn(-c2ccc(O)cc2)c(=O)c2c(NC(=O)OC(C)(C)C)scc12. The van der Waals surface area contributed by atoms with E-state index in [0.717, 1.165) is 0 Å². The maximum Gasteiger partial charge on any atom is 0.412 e. The van der Waals surface area contributed by atoms with Gasteiger partial charge in [0.1, 0.15) is 16.4 Å². The van der Waals surface area contributed by atoms with Crippen LogP contribution < -0.4 is 16.2 Å². The van der Waals surface area contributed by atoms with Gasteiger partial charge >= 0.3 is 6.09 Å². The fourth-order valence-electron chi connectivity index (χ4n) is 2.80. The minimum atomic E-state index is -0.655. The topological polar surface area (TPSA) is 105 Å². The molecule has 1 aromatic carbocycles. The first-order valence-electron chi connectivity index (χ1n) is 9.61. The lowest BCUT2D eigenvalue weighted by Crippen LogP contribution is -2.29. The number of ether oxygens (including phenoxy) is 1. The zero-order valence-corrected chi connectivity index (χ0v) is 18.5. The third-order valence-corrected chi connectivity index (χ3v) is 5.01. The third kappa shape index (κ3) is 4.98. The second kappa shape index (κ2) is 8.45. The number of fused-ring (bicyclic) bond motifs is 1. The molecule has 0 fully saturated rings. The Hall–Kier alpha value is -2.91. The van der Waals surface area contributed by atoms with Crippen molar-refractivity contribution in [1.82, 2.24) is 15.1 Å². The highest BCUT2D eigenvalue weighted by molar-refractivity contribution is 7.16. The maximum atomic E-state index is 13.3. The molecule has 3 N–H and O–H groups in total. The van der Waals surface area contributed by atoms with Crippen LogP contribution in [0.25, 0.3) is 16.5 Å². The summed E-state index contributed by atoms with van der Waals surface area (Å²) in [5.74, 6) is 0.0948. The van der Waals surface area contributed by atoms with Crippen molar-refractivity contribution in [1.29, 1.82) is 0 Å². The molecule has 30 heavy (non-hydrogen) atoms. The first-order chi connectivity index (χ1) is 14.0. The number of phenols is 1. The van der Waals surface area contributed by atoms with Gasteiger partial charge in [-0.3, -0.25) is 10.1 Å². The number of aromatic hydroxyl groups is 1. The summed E-state index contributed by atoms with van der Waals surface area (Å²) in [6, 6.07) is 6.44. The Morgan fingerprint density at radius 3 is 2.53 bits per heavy atom. The number of nitrogens with zero attached hydrogens (tertiary/aromatic N) is 2. The predicted molar refractivity (Wildman–Crippen MR) is 119 cm³/mol. The van der Waals surface area contributed by atoms with Crippen molar-refractivity contribution in [3.05, 3.63) is 45.7 Å². The molecule has 0 bridgehead atoms. The van der Waals surface area contributed by atoms with Crippen LogP contribution in [0.15, 0.2) is 34.4 Å². The smallest absolute Gasteiger partial charge is 0.412 e. The number of amides is 1. The van der Waals surface area contributed by atoms with Crippen LogP contribution in [0.3, 0.4) is 0 Å². The maximum absolute atomic E-state index is 13.3. The van der Waals surface area contributed by atoms with Gasteiger partial charge in [-0.15, -0.1) is 11.3 Å². The zero-order chi connectivity index (χ0) is 22.1. The Morgan fingerprint density at radius 1 is 1.27 bits per heavy atom. The number of carbonyl (C=O) groups excluding carboxylic acids is 1. The Kier molecular flexibility index (Phi) is 6.14. The number of phenolic OH excluding ortho intramolecular Hbond substituents is 1. The van der Waals surface area contributed by atoms with Gasteiger partial charge in [0, 0.05) is 23.4 Å². The summed E-state index contributed by atoms with van der Waals surface area (Å²) >= 11 is 1.25. The molecule has 0 atom stereocenters. The van der Waals surface area contributed by atoms with E-state index in [2.05, 4.69) is 15.7 Å². The van der Waals surface area contributed by atoms with E-state index in [0.29, 0.717) is 33.7 Å². The molecule has 1 amide bonds. The lowest BCUT2D eigenvalue weighted by atomic mass is 10.2. The van der Waals surface area contributed by atoms with E-state index in [1.165, 1.54) is 28.2 Å². The quantitative estimate of drug-likeness (QED) is 0.565. The summed E-state index contributed by atoms with van der Waals surface area (Å²) in [5, 5.41) is 23.4. The molecule has 0 radical (unpaired) electrons. The highest BCUT2D eigenvalue weighted by Crippen LogP contribution is 2.31. The molecule has 8 nitrogen and oxygen atoms in total. The van der Waals surface area contributed by atoms with E-state index in [1.54, 1.807) is 32.9 Å². The van der Waals surface area contributed by atoms with Gasteiger partial charge < -0.3 is 15.2 Å². The van der Waals surface area contributed by atoms with Gasteiger partial charge in [-0.05, 0) is 45.0 Å². The fraction of sp³-hybridized carbons (Fsp3) is 0.381. The van der Waals surface area contributed by atoms with E-state index in [4.69, 9.17) is 4.74 Å². The molecule has 0 saturated carbocycles. The average Bonchev–Trinajstić information content (AvgIpc) is 3.04. The van der Waals surface area contributed by atoms with Crippen molar-refractivity contribution in [3.63, 3.8) is 0 Å². The number of carbonyl (C=O) groups is 1. The molecule has 0 aliphatic carbocycles. The predicted octanol–water partition coefficient (Wildman–Crippen LogP) is 4.00.